The lowest BCUT2D eigenvalue weighted by Gasteiger charge is -2.10. The number of hydrogen-bond donors (Lipinski definition) is 2. The molecule has 3 N–H and O–H groups in total. The van der Waals surface area contributed by atoms with Crippen LogP contribution in [0.5, 0.6) is 0 Å². The highest BCUT2D eigenvalue weighted by atomic mass is 16.4. The van der Waals surface area contributed by atoms with E-state index in [2.05, 4.69) is 4.98 Å². The van der Waals surface area contributed by atoms with Crippen molar-refractivity contribution in [3.05, 3.63) is 58.1 Å². The van der Waals surface area contributed by atoms with Crippen LogP contribution in [0.1, 0.15) is 15.9 Å². The number of benzene rings is 1. The van der Waals surface area contributed by atoms with E-state index in [-0.39, 0.29) is 17.9 Å². The summed E-state index contributed by atoms with van der Waals surface area (Å²) in [6.45, 7) is 0.194. The lowest BCUT2D eigenvalue weighted by molar-refractivity contribution is 0.0696. The zero-order valence-electron chi connectivity index (χ0n) is 9.41. The van der Waals surface area contributed by atoms with E-state index in [9.17, 15) is 9.59 Å². The maximum atomic E-state index is 11.6. The molecule has 0 aliphatic carbocycles. The van der Waals surface area contributed by atoms with Crippen molar-refractivity contribution in [3.63, 3.8) is 0 Å². The topological polar surface area (TPSA) is 98.2 Å². The molecule has 6 nitrogen and oxygen atoms in total. The molecule has 1 aromatic heterocycles. The predicted octanol–water partition coefficient (Wildman–Crippen LogP) is 0.572. The highest BCUT2D eigenvalue weighted by Gasteiger charge is 2.13. The summed E-state index contributed by atoms with van der Waals surface area (Å²) in [5, 5.41) is 8.91. The molecule has 92 valence electrons. The molecule has 0 saturated heterocycles. The van der Waals surface area contributed by atoms with Gasteiger partial charge in [-0.25, -0.2) is 14.6 Å². The van der Waals surface area contributed by atoms with Gasteiger partial charge in [-0.2, -0.15) is 0 Å². The minimum absolute atomic E-state index is 0.0913. The second-order valence-electron chi connectivity index (χ2n) is 3.72. The summed E-state index contributed by atoms with van der Waals surface area (Å²) < 4.78 is 1.14. The molecule has 0 radical (unpaired) electrons. The Morgan fingerprint density at radius 1 is 1.33 bits per heavy atom. The average molecular weight is 245 g/mol. The van der Waals surface area contributed by atoms with Crippen LogP contribution in [-0.4, -0.2) is 20.6 Å². The molecule has 2 aromatic rings. The van der Waals surface area contributed by atoms with Crippen LogP contribution in [0, 0.1) is 0 Å². The van der Waals surface area contributed by atoms with E-state index in [0.717, 1.165) is 16.3 Å². The Kier molecular flexibility index (Phi) is 3.09. The van der Waals surface area contributed by atoms with E-state index in [1.165, 1.54) is 0 Å². The smallest absolute Gasteiger partial charge is 0.349 e. The van der Waals surface area contributed by atoms with Crippen molar-refractivity contribution in [2.45, 2.75) is 6.54 Å². The Hall–Kier alpha value is -2.63. The molecule has 0 aliphatic rings. The van der Waals surface area contributed by atoms with E-state index >= 15 is 0 Å². The number of rotatable bonds is 3. The van der Waals surface area contributed by atoms with E-state index in [1.54, 1.807) is 0 Å². The molecule has 2 rings (SSSR count). The van der Waals surface area contributed by atoms with Crippen molar-refractivity contribution in [2.75, 3.05) is 5.73 Å². The van der Waals surface area contributed by atoms with Gasteiger partial charge in [-0.05, 0) is 5.56 Å². The van der Waals surface area contributed by atoms with Crippen molar-refractivity contribution in [3.8, 4) is 0 Å². The molecule has 0 atom stereocenters. The van der Waals surface area contributed by atoms with Crippen molar-refractivity contribution < 1.29 is 9.90 Å². The molecular formula is C12H11N3O3. The summed E-state index contributed by atoms with van der Waals surface area (Å²) in [4.78, 5) is 26.0. The van der Waals surface area contributed by atoms with Gasteiger partial charge in [0, 0.05) is 0 Å². The van der Waals surface area contributed by atoms with Crippen molar-refractivity contribution in [1.82, 2.24) is 9.55 Å². The number of hydrogen-bond acceptors (Lipinski definition) is 4. The van der Waals surface area contributed by atoms with Gasteiger partial charge in [0.05, 0.1) is 12.7 Å². The number of carbonyl (C=O) groups is 1. The first-order valence-electron chi connectivity index (χ1n) is 5.22. The van der Waals surface area contributed by atoms with Gasteiger partial charge in [-0.3, -0.25) is 4.57 Å². The number of aromatic carboxylic acids is 1. The van der Waals surface area contributed by atoms with Crippen LogP contribution < -0.4 is 11.4 Å². The Bertz CT molecular complexity index is 635. The van der Waals surface area contributed by atoms with Gasteiger partial charge in [0.25, 0.3) is 0 Å². The number of nitrogen functional groups attached to an aromatic ring is 1. The first kappa shape index (κ1) is 11.8. The third kappa shape index (κ3) is 2.22. The van der Waals surface area contributed by atoms with E-state index in [4.69, 9.17) is 10.8 Å². The van der Waals surface area contributed by atoms with Crippen LogP contribution in [0.2, 0.25) is 0 Å². The predicted molar refractivity (Wildman–Crippen MR) is 65.4 cm³/mol. The third-order valence-corrected chi connectivity index (χ3v) is 2.52. The molecule has 0 saturated carbocycles. The Labute approximate surface area is 102 Å². The highest BCUT2D eigenvalue weighted by molar-refractivity contribution is 5.92. The lowest BCUT2D eigenvalue weighted by atomic mass is 10.2. The molecule has 0 fully saturated rings. The molecule has 0 aliphatic heterocycles. The summed E-state index contributed by atoms with van der Waals surface area (Å²) in [5.74, 6) is -1.30. The minimum Gasteiger partial charge on any atom is -0.478 e. The monoisotopic (exact) mass is 245 g/mol. The zero-order valence-corrected chi connectivity index (χ0v) is 9.41. The van der Waals surface area contributed by atoms with Crippen molar-refractivity contribution in [1.29, 1.82) is 0 Å². The second kappa shape index (κ2) is 4.70. The molecule has 0 spiro atoms. The number of anilines is 1. The number of carboxylic acid groups (broad SMARTS) is 1. The molecule has 0 bridgehead atoms. The normalized spacial score (nSPS) is 10.2. The van der Waals surface area contributed by atoms with E-state index in [0.29, 0.717) is 0 Å². The number of nitrogens with two attached hydrogens (primary N) is 1. The first-order chi connectivity index (χ1) is 8.59. The maximum absolute atomic E-state index is 11.6. The summed E-state index contributed by atoms with van der Waals surface area (Å²) >= 11 is 0. The summed E-state index contributed by atoms with van der Waals surface area (Å²) in [7, 11) is 0. The number of carboxylic acids is 1. The summed E-state index contributed by atoms with van der Waals surface area (Å²) in [6.07, 6.45) is 0.974. The largest absolute Gasteiger partial charge is 0.478 e. The van der Waals surface area contributed by atoms with Crippen LogP contribution in [0.4, 0.5) is 5.82 Å². The van der Waals surface area contributed by atoms with Gasteiger partial charge >= 0.3 is 11.7 Å². The van der Waals surface area contributed by atoms with E-state index < -0.39 is 11.7 Å². The second-order valence-corrected chi connectivity index (χ2v) is 3.72. The average Bonchev–Trinajstić information content (AvgIpc) is 2.35. The maximum Gasteiger partial charge on any atom is 0.349 e. The molecule has 18 heavy (non-hydrogen) atoms. The fourth-order valence-corrected chi connectivity index (χ4v) is 1.59. The van der Waals surface area contributed by atoms with Crippen LogP contribution in [0.3, 0.4) is 0 Å². The fourth-order valence-electron chi connectivity index (χ4n) is 1.59. The van der Waals surface area contributed by atoms with Gasteiger partial charge in [0.1, 0.15) is 11.4 Å². The number of aromatic nitrogens is 2. The van der Waals surface area contributed by atoms with Gasteiger partial charge < -0.3 is 10.8 Å². The van der Waals surface area contributed by atoms with Gasteiger partial charge in [0.2, 0.25) is 0 Å². The van der Waals surface area contributed by atoms with Crippen LogP contribution in [0.25, 0.3) is 0 Å². The zero-order chi connectivity index (χ0) is 13.1. The lowest BCUT2D eigenvalue weighted by Crippen LogP contribution is -2.28. The van der Waals surface area contributed by atoms with Gasteiger partial charge in [0.15, 0.2) is 0 Å². The first-order valence-corrected chi connectivity index (χ1v) is 5.22. The summed E-state index contributed by atoms with van der Waals surface area (Å²) in [6, 6.07) is 9.14. The van der Waals surface area contributed by atoms with Crippen molar-refractivity contribution in [2.24, 2.45) is 0 Å². The van der Waals surface area contributed by atoms with Crippen LogP contribution >= 0.6 is 0 Å². The minimum atomic E-state index is -1.21. The molecule has 0 unspecified atom stereocenters. The molecule has 1 aromatic carbocycles. The van der Waals surface area contributed by atoms with Crippen molar-refractivity contribution >= 4 is 11.8 Å². The highest BCUT2D eigenvalue weighted by Crippen LogP contribution is 2.10. The van der Waals surface area contributed by atoms with E-state index in [1.807, 2.05) is 30.3 Å². The van der Waals surface area contributed by atoms with Crippen LogP contribution in [0.15, 0.2) is 41.3 Å². The van der Waals surface area contributed by atoms with Crippen LogP contribution in [-0.2, 0) is 6.54 Å². The molecular weight excluding hydrogens is 234 g/mol. The molecule has 1 heterocycles. The molecule has 6 heteroatoms. The quantitative estimate of drug-likeness (QED) is 0.823. The Morgan fingerprint density at radius 2 is 2.00 bits per heavy atom. The van der Waals surface area contributed by atoms with Gasteiger partial charge in [-0.1, -0.05) is 30.3 Å². The van der Waals surface area contributed by atoms with Gasteiger partial charge in [-0.15, -0.1) is 0 Å². The Balaban J connectivity index is 2.48. The number of nitrogens with zero attached hydrogens (tertiary/aromatic N) is 2. The fraction of sp³-hybridized carbons (Fsp3) is 0.0833. The Morgan fingerprint density at radius 3 is 2.61 bits per heavy atom. The molecule has 0 amide bonds. The summed E-state index contributed by atoms with van der Waals surface area (Å²) in [5.41, 5.74) is 5.77. The SMILES string of the molecule is Nc1c(C(=O)O)cnc(=O)n1Cc1ccccc1. The standard InChI is InChI=1S/C12H11N3O3/c13-10-9(11(16)17)6-14-12(18)15(10)7-8-4-2-1-3-5-8/h1-6H,7,13H2,(H,16,17). The third-order valence-electron chi connectivity index (χ3n) is 2.52.